The Kier molecular flexibility index (Phi) is 8.76. The summed E-state index contributed by atoms with van der Waals surface area (Å²) in [5.74, 6) is -0.0439. The lowest BCUT2D eigenvalue weighted by Gasteiger charge is -2.27. The van der Waals surface area contributed by atoms with Crippen LogP contribution in [0.25, 0.3) is 0 Å². The SMILES string of the molecule is CC[C@H](NC(=O)CN(c1cc(C(F)(F)F)ccc1Cl)S(=O)(=O)c1ccccc1)c1ccc(OC)c(C)c1. The van der Waals surface area contributed by atoms with Gasteiger partial charge in [-0.1, -0.05) is 48.9 Å². The summed E-state index contributed by atoms with van der Waals surface area (Å²) in [6.07, 6.45) is -4.27. The fourth-order valence-electron chi connectivity index (χ4n) is 3.81. The van der Waals surface area contributed by atoms with Crippen molar-refractivity contribution in [1.82, 2.24) is 5.32 Å². The fraction of sp³-hybridized carbons (Fsp3) is 0.269. The number of hydrogen-bond acceptors (Lipinski definition) is 4. The summed E-state index contributed by atoms with van der Waals surface area (Å²) in [5, 5.41) is 2.53. The molecular formula is C26H26ClF3N2O4S. The zero-order chi connectivity index (χ0) is 27.4. The van der Waals surface area contributed by atoms with Crippen molar-refractivity contribution in [2.45, 2.75) is 37.4 Å². The highest BCUT2D eigenvalue weighted by molar-refractivity contribution is 7.92. The summed E-state index contributed by atoms with van der Waals surface area (Å²) >= 11 is 6.18. The van der Waals surface area contributed by atoms with Crippen LogP contribution in [-0.2, 0) is 21.0 Å². The van der Waals surface area contributed by atoms with Gasteiger partial charge < -0.3 is 10.1 Å². The Hall–Kier alpha value is -3.24. The van der Waals surface area contributed by atoms with E-state index in [2.05, 4.69) is 5.32 Å². The van der Waals surface area contributed by atoms with Gasteiger partial charge in [0.1, 0.15) is 12.3 Å². The molecule has 11 heteroatoms. The molecule has 0 bridgehead atoms. The fourth-order valence-corrected chi connectivity index (χ4v) is 5.53. The zero-order valence-electron chi connectivity index (χ0n) is 20.3. The predicted octanol–water partition coefficient (Wildman–Crippen LogP) is 6.14. The molecule has 0 radical (unpaired) electrons. The molecule has 0 fully saturated rings. The molecule has 198 valence electrons. The number of ether oxygens (including phenoxy) is 1. The molecule has 0 saturated carbocycles. The number of alkyl halides is 3. The minimum absolute atomic E-state index is 0.200. The van der Waals surface area contributed by atoms with Gasteiger partial charge in [-0.05, 0) is 60.9 Å². The van der Waals surface area contributed by atoms with Gasteiger partial charge in [-0.15, -0.1) is 0 Å². The summed E-state index contributed by atoms with van der Waals surface area (Å²) in [5.41, 5.74) is 0.0602. The van der Waals surface area contributed by atoms with E-state index in [0.29, 0.717) is 22.5 Å². The molecule has 1 atom stereocenters. The maximum Gasteiger partial charge on any atom is 0.416 e. The molecule has 0 unspecified atom stereocenters. The second-order valence-electron chi connectivity index (χ2n) is 8.25. The minimum atomic E-state index is -4.75. The molecule has 0 aliphatic rings. The van der Waals surface area contributed by atoms with E-state index in [1.54, 1.807) is 25.3 Å². The molecule has 0 aliphatic carbocycles. The number of halogens is 4. The lowest BCUT2D eigenvalue weighted by molar-refractivity contribution is -0.137. The number of carbonyl (C=O) groups is 1. The molecule has 0 saturated heterocycles. The van der Waals surface area contributed by atoms with Crippen LogP contribution in [0, 0.1) is 6.92 Å². The van der Waals surface area contributed by atoms with Crippen LogP contribution < -0.4 is 14.4 Å². The highest BCUT2D eigenvalue weighted by Gasteiger charge is 2.34. The molecule has 3 rings (SSSR count). The smallest absolute Gasteiger partial charge is 0.416 e. The van der Waals surface area contributed by atoms with Crippen LogP contribution in [0.15, 0.2) is 71.6 Å². The first-order valence-electron chi connectivity index (χ1n) is 11.3. The van der Waals surface area contributed by atoms with Crippen LogP contribution >= 0.6 is 11.6 Å². The van der Waals surface area contributed by atoms with Crippen LogP contribution in [-0.4, -0.2) is 28.0 Å². The van der Waals surface area contributed by atoms with Gasteiger partial charge in [0.15, 0.2) is 0 Å². The van der Waals surface area contributed by atoms with Crippen molar-refractivity contribution in [3.63, 3.8) is 0 Å². The van der Waals surface area contributed by atoms with Gasteiger partial charge >= 0.3 is 6.18 Å². The molecule has 3 aromatic rings. The lowest BCUT2D eigenvalue weighted by atomic mass is 10.0. The number of methoxy groups -OCH3 is 1. The number of hydrogen-bond donors (Lipinski definition) is 1. The minimum Gasteiger partial charge on any atom is -0.496 e. The normalized spacial score (nSPS) is 12.6. The van der Waals surface area contributed by atoms with E-state index in [-0.39, 0.29) is 9.92 Å². The lowest BCUT2D eigenvalue weighted by Crippen LogP contribution is -2.42. The van der Waals surface area contributed by atoms with E-state index in [0.717, 1.165) is 23.3 Å². The van der Waals surface area contributed by atoms with Crippen LogP contribution in [0.2, 0.25) is 5.02 Å². The van der Waals surface area contributed by atoms with Gasteiger partial charge in [0.2, 0.25) is 5.91 Å². The molecule has 0 heterocycles. The quantitative estimate of drug-likeness (QED) is 0.345. The van der Waals surface area contributed by atoms with E-state index >= 15 is 0 Å². The third-order valence-electron chi connectivity index (χ3n) is 5.73. The predicted molar refractivity (Wildman–Crippen MR) is 136 cm³/mol. The Morgan fingerprint density at radius 2 is 1.76 bits per heavy atom. The van der Waals surface area contributed by atoms with Gasteiger partial charge in [0.05, 0.1) is 34.3 Å². The summed E-state index contributed by atoms with van der Waals surface area (Å²) in [6.45, 7) is 2.90. The number of anilines is 1. The standard InChI is InChI=1S/C26H26ClF3N2O4S/c1-4-22(18-10-13-24(36-3)17(2)14-18)31-25(33)16-32(37(34,35)20-8-6-5-7-9-20)23-15-19(26(28,29)30)11-12-21(23)27/h5-15,22H,4,16H2,1-3H3,(H,31,33)/t22-/m0/s1. The molecule has 1 amide bonds. The Balaban J connectivity index is 2.00. The highest BCUT2D eigenvalue weighted by atomic mass is 35.5. The Bertz CT molecular complexity index is 1370. The average molecular weight is 555 g/mol. The van der Waals surface area contributed by atoms with Gasteiger partial charge in [-0.2, -0.15) is 13.2 Å². The van der Waals surface area contributed by atoms with Crippen molar-refractivity contribution in [2.75, 3.05) is 18.0 Å². The molecule has 1 N–H and O–H groups in total. The number of rotatable bonds is 9. The molecule has 6 nitrogen and oxygen atoms in total. The molecular weight excluding hydrogens is 529 g/mol. The van der Waals surface area contributed by atoms with Crippen molar-refractivity contribution in [3.8, 4) is 5.75 Å². The second kappa shape index (κ2) is 11.4. The first-order valence-corrected chi connectivity index (χ1v) is 13.1. The maximum absolute atomic E-state index is 13.5. The van der Waals surface area contributed by atoms with Gasteiger partial charge in [-0.25, -0.2) is 8.42 Å². The summed E-state index contributed by atoms with van der Waals surface area (Å²) in [6, 6.07) is 14.3. The first kappa shape index (κ1) is 28.3. The number of carbonyl (C=O) groups excluding carboxylic acids is 1. The first-order chi connectivity index (χ1) is 17.4. The highest BCUT2D eigenvalue weighted by Crippen LogP contribution is 2.37. The van der Waals surface area contributed by atoms with Crippen LogP contribution in [0.1, 0.15) is 36.1 Å². The number of aryl methyl sites for hydroxylation is 1. The van der Waals surface area contributed by atoms with Crippen LogP contribution in [0.5, 0.6) is 5.75 Å². The number of sulfonamides is 1. The van der Waals surface area contributed by atoms with E-state index in [1.807, 2.05) is 19.9 Å². The summed E-state index contributed by atoms with van der Waals surface area (Å²) in [7, 11) is -2.91. The van der Waals surface area contributed by atoms with Crippen LogP contribution in [0.3, 0.4) is 0 Å². The largest absolute Gasteiger partial charge is 0.496 e. The molecule has 37 heavy (non-hydrogen) atoms. The monoisotopic (exact) mass is 554 g/mol. The summed E-state index contributed by atoms with van der Waals surface area (Å²) in [4.78, 5) is 12.9. The van der Waals surface area contributed by atoms with Crippen LogP contribution in [0.4, 0.5) is 18.9 Å². The molecule has 0 aromatic heterocycles. The number of nitrogens with one attached hydrogen (secondary N) is 1. The number of benzene rings is 3. The molecule has 0 aliphatic heterocycles. The van der Waals surface area contributed by atoms with E-state index < -0.39 is 45.9 Å². The average Bonchev–Trinajstić information content (AvgIpc) is 2.86. The van der Waals surface area contributed by atoms with Gasteiger partial charge in [-0.3, -0.25) is 9.10 Å². The van der Waals surface area contributed by atoms with Gasteiger partial charge in [0, 0.05) is 0 Å². The van der Waals surface area contributed by atoms with Crippen molar-refractivity contribution in [2.24, 2.45) is 0 Å². The van der Waals surface area contributed by atoms with Crippen molar-refractivity contribution in [1.29, 1.82) is 0 Å². The Labute approximate surface area is 219 Å². The van der Waals surface area contributed by atoms with E-state index in [1.165, 1.54) is 24.3 Å². The topological polar surface area (TPSA) is 75.7 Å². The molecule has 0 spiro atoms. The van der Waals surface area contributed by atoms with Crippen molar-refractivity contribution >= 4 is 33.2 Å². The number of nitrogens with zero attached hydrogens (tertiary/aromatic N) is 1. The van der Waals surface area contributed by atoms with E-state index in [4.69, 9.17) is 16.3 Å². The number of amides is 1. The summed E-state index contributed by atoms with van der Waals surface area (Å²) < 4.78 is 73.2. The molecule has 3 aromatic carbocycles. The Morgan fingerprint density at radius 1 is 1.08 bits per heavy atom. The maximum atomic E-state index is 13.5. The second-order valence-corrected chi connectivity index (χ2v) is 10.5. The Morgan fingerprint density at radius 3 is 2.32 bits per heavy atom. The van der Waals surface area contributed by atoms with Crippen molar-refractivity contribution in [3.05, 3.63) is 88.4 Å². The van der Waals surface area contributed by atoms with E-state index in [9.17, 15) is 26.4 Å². The van der Waals surface area contributed by atoms with Gasteiger partial charge in [0.25, 0.3) is 10.0 Å². The third kappa shape index (κ3) is 6.56. The zero-order valence-corrected chi connectivity index (χ0v) is 21.9. The van der Waals surface area contributed by atoms with Crippen molar-refractivity contribution < 1.29 is 31.1 Å². The third-order valence-corrected chi connectivity index (χ3v) is 7.82.